The number of ketones is 1. The van der Waals surface area contributed by atoms with Gasteiger partial charge in [-0.05, 0) is 34.1 Å². The molecule has 23 heavy (non-hydrogen) atoms. The van der Waals surface area contributed by atoms with Crippen LogP contribution in [-0.4, -0.2) is 54.4 Å². The number of nitrogens with one attached hydrogen (secondary N) is 1. The molecule has 1 atom stereocenters. The van der Waals surface area contributed by atoms with E-state index in [0.29, 0.717) is 0 Å². The van der Waals surface area contributed by atoms with Crippen molar-refractivity contribution < 1.29 is 28.1 Å². The number of rotatable bonds is 8. The molecular weight excluding hydrogens is 322 g/mol. The number of carbonyl (C=O) groups excluding carboxylic acids is 3. The lowest BCUT2D eigenvalue weighted by Crippen LogP contribution is -2.44. The van der Waals surface area contributed by atoms with Crippen molar-refractivity contribution in [3.63, 3.8) is 0 Å². The zero-order chi connectivity index (χ0) is 18.3. The van der Waals surface area contributed by atoms with Gasteiger partial charge in [0.05, 0.1) is 16.5 Å². The summed E-state index contributed by atoms with van der Waals surface area (Å²) in [7, 11) is -2.18. The van der Waals surface area contributed by atoms with E-state index in [1.54, 1.807) is 27.7 Å². The molecule has 0 radical (unpaired) electrons. The van der Waals surface area contributed by atoms with Gasteiger partial charge < -0.3 is 14.8 Å². The summed E-state index contributed by atoms with van der Waals surface area (Å²) >= 11 is 0. The lowest BCUT2D eigenvalue weighted by molar-refractivity contribution is -0.145. The van der Waals surface area contributed by atoms with Gasteiger partial charge in [0.15, 0.2) is 11.5 Å². The van der Waals surface area contributed by atoms with Gasteiger partial charge in [-0.1, -0.05) is 0 Å². The molecule has 0 saturated carbocycles. The number of alkyl carbamates (subject to hydrolysis) is 1. The Bertz CT molecular complexity index is 477. The summed E-state index contributed by atoms with van der Waals surface area (Å²) in [6.07, 6.45) is 2.36. The van der Waals surface area contributed by atoms with E-state index in [9.17, 15) is 18.6 Å². The zero-order valence-electron chi connectivity index (χ0n) is 14.8. The van der Waals surface area contributed by atoms with E-state index in [-0.39, 0.29) is 31.0 Å². The highest BCUT2D eigenvalue weighted by Gasteiger charge is 2.27. The van der Waals surface area contributed by atoms with Crippen LogP contribution in [0.2, 0.25) is 0 Å². The fraction of sp³-hybridized carbons (Fsp3) is 0.800. The van der Waals surface area contributed by atoms with E-state index in [4.69, 9.17) is 9.47 Å². The van der Waals surface area contributed by atoms with Gasteiger partial charge in [0.25, 0.3) is 0 Å². The number of amides is 1. The van der Waals surface area contributed by atoms with Crippen LogP contribution in [0.3, 0.4) is 0 Å². The van der Waals surface area contributed by atoms with Crippen molar-refractivity contribution in [1.82, 2.24) is 5.32 Å². The lowest BCUT2D eigenvalue weighted by Gasteiger charge is -2.22. The molecule has 0 heterocycles. The second-order valence-electron chi connectivity index (χ2n) is 6.61. The van der Waals surface area contributed by atoms with Gasteiger partial charge in [0.2, 0.25) is 0 Å². The van der Waals surface area contributed by atoms with Crippen LogP contribution in [0.1, 0.15) is 40.5 Å². The Hall–Kier alpha value is -1.44. The molecule has 7 nitrogen and oxygen atoms in total. The summed E-state index contributed by atoms with van der Waals surface area (Å²) in [6, 6.07) is -0.974. The Morgan fingerprint density at radius 2 is 1.74 bits per heavy atom. The summed E-state index contributed by atoms with van der Waals surface area (Å²) in [5, 5.41) is 2.42. The Labute approximate surface area is 138 Å². The topological polar surface area (TPSA) is 98.8 Å². The Balaban J connectivity index is 4.70. The van der Waals surface area contributed by atoms with Crippen molar-refractivity contribution >= 4 is 27.8 Å². The second kappa shape index (κ2) is 9.00. The van der Waals surface area contributed by atoms with Crippen LogP contribution in [0.25, 0.3) is 0 Å². The molecule has 0 aliphatic carbocycles. The maximum absolute atomic E-state index is 11.9. The predicted molar refractivity (Wildman–Crippen MR) is 88.8 cm³/mol. The first-order valence-electron chi connectivity index (χ1n) is 7.44. The fourth-order valence-electron chi connectivity index (χ4n) is 1.71. The molecule has 0 fully saturated rings. The van der Waals surface area contributed by atoms with Crippen LogP contribution in [0, 0.1) is 0 Å². The fourth-order valence-corrected chi connectivity index (χ4v) is 2.63. The van der Waals surface area contributed by atoms with Crippen molar-refractivity contribution in [3.05, 3.63) is 0 Å². The average Bonchev–Trinajstić information content (AvgIpc) is 2.30. The molecule has 0 rings (SSSR count). The predicted octanol–water partition coefficient (Wildman–Crippen LogP) is 1.55. The van der Waals surface area contributed by atoms with Crippen molar-refractivity contribution in [2.75, 3.05) is 24.9 Å². The molecule has 0 aromatic heterocycles. The van der Waals surface area contributed by atoms with E-state index in [0.717, 1.165) is 0 Å². The summed E-state index contributed by atoms with van der Waals surface area (Å²) in [5.41, 5.74) is -0.699. The quantitative estimate of drug-likeness (QED) is 0.527. The third-order valence-electron chi connectivity index (χ3n) is 2.48. The van der Waals surface area contributed by atoms with E-state index in [1.165, 1.54) is 12.5 Å². The van der Waals surface area contributed by atoms with E-state index < -0.39 is 33.6 Å². The normalized spacial score (nSPS) is 13.1. The molecule has 0 unspecified atom stereocenters. The first kappa shape index (κ1) is 21.6. The largest absolute Gasteiger partial charge is 0.464 e. The van der Waals surface area contributed by atoms with Crippen molar-refractivity contribution in [2.24, 2.45) is 0 Å². The minimum Gasteiger partial charge on any atom is -0.464 e. The molecule has 8 heteroatoms. The van der Waals surface area contributed by atoms with Crippen LogP contribution < -0.4 is 5.32 Å². The molecule has 1 amide bonds. The molecular formula is C15H28NO6S+. The van der Waals surface area contributed by atoms with E-state index in [2.05, 4.69) is 5.32 Å². The van der Waals surface area contributed by atoms with Gasteiger partial charge in [-0.25, -0.2) is 9.59 Å². The van der Waals surface area contributed by atoms with E-state index in [1.807, 2.05) is 0 Å². The standard InChI is InChI=1S/C15H27NO6S/c1-7-21-13(18)12(16-14(19)22-15(2,3)4)9-8-11(17)10-23(5,6)20/h12H,7-10H2,1-6H3/p+1/t12-/m0/s1. The number of Topliss-reactive ketones (excluding diaryl/α,β-unsaturated/α-hetero) is 1. The molecule has 0 spiro atoms. The summed E-state index contributed by atoms with van der Waals surface area (Å²) in [6.45, 7) is 6.92. The number of hydrogen-bond donors (Lipinski definition) is 1. The highest BCUT2D eigenvalue weighted by molar-refractivity contribution is 8.02. The maximum atomic E-state index is 11.9. The van der Waals surface area contributed by atoms with Crippen molar-refractivity contribution in [1.29, 1.82) is 0 Å². The molecule has 0 saturated heterocycles. The highest BCUT2D eigenvalue weighted by Crippen LogP contribution is 2.09. The molecule has 0 aromatic rings. The maximum Gasteiger partial charge on any atom is 0.408 e. The summed E-state index contributed by atoms with van der Waals surface area (Å²) in [5.74, 6) is -0.894. The third kappa shape index (κ3) is 11.7. The summed E-state index contributed by atoms with van der Waals surface area (Å²) < 4.78 is 21.6. The molecule has 0 aliphatic heterocycles. The van der Waals surface area contributed by atoms with Crippen LogP contribution in [-0.2, 0) is 33.2 Å². The number of ether oxygens (including phenoxy) is 2. The lowest BCUT2D eigenvalue weighted by atomic mass is 10.1. The first-order chi connectivity index (χ1) is 10.3. The third-order valence-corrected chi connectivity index (χ3v) is 3.50. The van der Waals surface area contributed by atoms with E-state index >= 15 is 0 Å². The van der Waals surface area contributed by atoms with Gasteiger partial charge in [-0.15, -0.1) is 4.21 Å². The number of hydrogen-bond acceptors (Lipinski definition) is 6. The molecule has 0 bridgehead atoms. The smallest absolute Gasteiger partial charge is 0.408 e. The van der Waals surface area contributed by atoms with Crippen molar-refractivity contribution in [2.45, 2.75) is 52.2 Å². The first-order valence-corrected chi connectivity index (χ1v) is 9.98. The van der Waals surface area contributed by atoms with Crippen LogP contribution in [0.4, 0.5) is 4.79 Å². The van der Waals surface area contributed by atoms with Crippen molar-refractivity contribution in [3.8, 4) is 0 Å². The van der Waals surface area contributed by atoms with Gasteiger partial charge in [-0.3, -0.25) is 4.79 Å². The van der Waals surface area contributed by atoms with Crippen LogP contribution in [0.15, 0.2) is 0 Å². The molecule has 134 valence electrons. The monoisotopic (exact) mass is 350 g/mol. The van der Waals surface area contributed by atoms with Crippen LogP contribution in [0.5, 0.6) is 0 Å². The molecule has 0 aliphatic rings. The number of esters is 1. The van der Waals surface area contributed by atoms with Gasteiger partial charge in [-0.2, -0.15) is 0 Å². The van der Waals surface area contributed by atoms with Gasteiger partial charge in [0, 0.05) is 6.42 Å². The zero-order valence-corrected chi connectivity index (χ0v) is 15.6. The highest BCUT2D eigenvalue weighted by atomic mass is 32.2. The Morgan fingerprint density at radius 1 is 1.17 bits per heavy atom. The molecule has 0 aromatic carbocycles. The van der Waals surface area contributed by atoms with Gasteiger partial charge >= 0.3 is 12.1 Å². The Morgan fingerprint density at radius 3 is 2.17 bits per heavy atom. The Kier molecular flexibility index (Phi) is 8.44. The second-order valence-corrected chi connectivity index (χ2v) is 9.77. The minimum atomic E-state index is -2.18. The number of carbonyl (C=O) groups is 3. The van der Waals surface area contributed by atoms with Crippen LogP contribution >= 0.6 is 0 Å². The summed E-state index contributed by atoms with van der Waals surface area (Å²) in [4.78, 5) is 35.4. The minimum absolute atomic E-state index is 0.0257. The average molecular weight is 350 g/mol. The molecule has 1 N–H and O–H groups in total. The van der Waals surface area contributed by atoms with Gasteiger partial charge in [0.1, 0.15) is 24.2 Å². The SMILES string of the molecule is CCOC(=O)[C@H](CCC(=O)C[S+](C)(C)=O)NC(=O)OC(C)(C)C.